The number of hydrogen-bond donors (Lipinski definition) is 0. The molecule has 0 N–H and O–H groups in total. The van der Waals surface area contributed by atoms with Crippen LogP contribution in [-0.4, -0.2) is 25.2 Å². The van der Waals surface area contributed by atoms with Crippen molar-refractivity contribution < 1.29 is 14.3 Å². The van der Waals surface area contributed by atoms with E-state index in [-0.39, 0.29) is 5.56 Å². The average Bonchev–Trinajstić information content (AvgIpc) is 2.77. The minimum Gasteiger partial charge on any atom is -0.497 e. The Kier molecular flexibility index (Phi) is 4.24. The molecule has 0 saturated heterocycles. The van der Waals surface area contributed by atoms with Gasteiger partial charge in [-0.05, 0) is 29.8 Å². The summed E-state index contributed by atoms with van der Waals surface area (Å²) in [7, 11) is 2.82. The first kappa shape index (κ1) is 15.7. The number of benzene rings is 2. The fourth-order valence-corrected chi connectivity index (χ4v) is 2.52. The SMILES string of the molecule is COC(=O)c1c(-c2ccc(OC)cc2)cc2ccccc2nc1=O. The van der Waals surface area contributed by atoms with Gasteiger partial charge in [0, 0.05) is 10.9 Å². The van der Waals surface area contributed by atoms with Gasteiger partial charge in [-0.15, -0.1) is 0 Å². The summed E-state index contributed by atoms with van der Waals surface area (Å²) in [4.78, 5) is 28.7. The van der Waals surface area contributed by atoms with Crippen LogP contribution in [0, 0.1) is 0 Å². The molecule has 2 aromatic carbocycles. The molecule has 3 rings (SSSR count). The van der Waals surface area contributed by atoms with E-state index in [1.54, 1.807) is 49.6 Å². The highest BCUT2D eigenvalue weighted by Crippen LogP contribution is 2.26. The van der Waals surface area contributed by atoms with Crippen LogP contribution < -0.4 is 10.3 Å². The van der Waals surface area contributed by atoms with Crippen LogP contribution in [-0.2, 0) is 4.74 Å². The van der Waals surface area contributed by atoms with Crippen molar-refractivity contribution in [1.29, 1.82) is 0 Å². The summed E-state index contributed by atoms with van der Waals surface area (Å²) < 4.78 is 9.94. The Labute approximate surface area is 138 Å². The maximum absolute atomic E-state index is 12.5. The Balaban J connectivity index is 2.38. The second kappa shape index (κ2) is 6.50. The molecule has 24 heavy (non-hydrogen) atoms. The van der Waals surface area contributed by atoms with Gasteiger partial charge in [-0.1, -0.05) is 30.3 Å². The van der Waals surface area contributed by atoms with Gasteiger partial charge in [0.1, 0.15) is 11.3 Å². The first-order chi connectivity index (χ1) is 11.6. The second-order valence-corrected chi connectivity index (χ2v) is 5.13. The summed E-state index contributed by atoms with van der Waals surface area (Å²) in [6.07, 6.45) is 0. The summed E-state index contributed by atoms with van der Waals surface area (Å²) in [6, 6.07) is 16.1. The van der Waals surface area contributed by atoms with Crippen LogP contribution in [0.15, 0.2) is 59.4 Å². The highest BCUT2D eigenvalue weighted by Gasteiger charge is 2.18. The molecule has 0 aliphatic rings. The first-order valence-corrected chi connectivity index (χ1v) is 7.31. The number of carbonyl (C=O) groups is 1. The molecule has 0 spiro atoms. The lowest BCUT2D eigenvalue weighted by Crippen LogP contribution is -2.17. The van der Waals surface area contributed by atoms with Crippen LogP contribution in [0.4, 0.5) is 0 Å². The number of nitrogens with zero attached hydrogens (tertiary/aromatic N) is 1. The molecular formula is C19H15NO4. The van der Waals surface area contributed by atoms with Crippen molar-refractivity contribution in [2.75, 3.05) is 14.2 Å². The monoisotopic (exact) mass is 321 g/mol. The molecule has 5 heteroatoms. The van der Waals surface area contributed by atoms with Gasteiger partial charge in [-0.3, -0.25) is 4.79 Å². The zero-order valence-corrected chi connectivity index (χ0v) is 13.3. The standard InChI is InChI=1S/C19H15NO4/c1-23-14-9-7-12(8-10-14)15-11-13-5-3-4-6-16(13)20-18(21)17(15)19(22)24-2/h3-11H,1-2H3. The molecule has 0 aliphatic heterocycles. The van der Waals surface area contributed by atoms with Gasteiger partial charge < -0.3 is 9.47 Å². The molecule has 0 saturated carbocycles. The normalized spacial score (nSPS) is 10.4. The van der Waals surface area contributed by atoms with E-state index in [2.05, 4.69) is 4.98 Å². The molecule has 0 amide bonds. The van der Waals surface area contributed by atoms with Crippen molar-refractivity contribution in [3.8, 4) is 16.9 Å². The van der Waals surface area contributed by atoms with Crippen molar-refractivity contribution in [1.82, 2.24) is 4.98 Å². The van der Waals surface area contributed by atoms with Gasteiger partial charge in [0.05, 0.1) is 19.7 Å². The molecular weight excluding hydrogens is 306 g/mol. The van der Waals surface area contributed by atoms with Crippen molar-refractivity contribution in [3.05, 3.63) is 70.5 Å². The van der Waals surface area contributed by atoms with E-state index < -0.39 is 11.5 Å². The summed E-state index contributed by atoms with van der Waals surface area (Å²) in [5, 5.41) is 0.760. The molecule has 0 atom stereocenters. The van der Waals surface area contributed by atoms with E-state index in [4.69, 9.17) is 9.47 Å². The predicted octanol–water partition coefficient (Wildman–Crippen LogP) is 3.06. The van der Waals surface area contributed by atoms with Crippen LogP contribution in [0.25, 0.3) is 22.0 Å². The van der Waals surface area contributed by atoms with Gasteiger partial charge in [0.25, 0.3) is 5.56 Å². The van der Waals surface area contributed by atoms with Gasteiger partial charge in [-0.25, -0.2) is 9.78 Å². The fourth-order valence-electron chi connectivity index (χ4n) is 2.52. The lowest BCUT2D eigenvalue weighted by atomic mass is 10.0. The van der Waals surface area contributed by atoms with Crippen molar-refractivity contribution in [2.45, 2.75) is 0 Å². The molecule has 1 aromatic heterocycles. The highest BCUT2D eigenvalue weighted by atomic mass is 16.5. The third kappa shape index (κ3) is 2.84. The molecule has 0 fully saturated rings. The lowest BCUT2D eigenvalue weighted by molar-refractivity contribution is 0.0600. The smallest absolute Gasteiger partial charge is 0.344 e. The molecule has 1 heterocycles. The van der Waals surface area contributed by atoms with E-state index in [1.807, 2.05) is 12.1 Å². The molecule has 0 aliphatic carbocycles. The second-order valence-electron chi connectivity index (χ2n) is 5.13. The average molecular weight is 321 g/mol. The van der Waals surface area contributed by atoms with E-state index in [0.29, 0.717) is 22.4 Å². The minimum atomic E-state index is -0.710. The third-order valence-corrected chi connectivity index (χ3v) is 3.73. The van der Waals surface area contributed by atoms with Crippen LogP contribution in [0.3, 0.4) is 0 Å². The van der Waals surface area contributed by atoms with E-state index >= 15 is 0 Å². The number of esters is 1. The van der Waals surface area contributed by atoms with Crippen LogP contribution >= 0.6 is 0 Å². The number of para-hydroxylation sites is 1. The van der Waals surface area contributed by atoms with E-state index in [9.17, 15) is 9.59 Å². The zero-order chi connectivity index (χ0) is 17.1. The van der Waals surface area contributed by atoms with Crippen molar-refractivity contribution in [3.63, 3.8) is 0 Å². The highest BCUT2D eigenvalue weighted by molar-refractivity contribution is 5.98. The quantitative estimate of drug-likeness (QED) is 0.694. The van der Waals surface area contributed by atoms with Crippen LogP contribution in [0.5, 0.6) is 5.75 Å². The summed E-state index contributed by atoms with van der Waals surface area (Å²) in [6.45, 7) is 0. The van der Waals surface area contributed by atoms with Gasteiger partial charge in [-0.2, -0.15) is 0 Å². The Hall–Kier alpha value is -3.21. The van der Waals surface area contributed by atoms with Crippen LogP contribution in [0.2, 0.25) is 0 Å². The number of hydrogen-bond acceptors (Lipinski definition) is 5. The molecule has 0 bridgehead atoms. The van der Waals surface area contributed by atoms with E-state index in [0.717, 1.165) is 5.39 Å². The molecule has 5 nitrogen and oxygen atoms in total. The number of aromatic nitrogens is 1. The number of methoxy groups -OCH3 is 2. The Morgan fingerprint density at radius 1 is 1.00 bits per heavy atom. The van der Waals surface area contributed by atoms with E-state index in [1.165, 1.54) is 7.11 Å². The van der Waals surface area contributed by atoms with Crippen molar-refractivity contribution in [2.24, 2.45) is 0 Å². The van der Waals surface area contributed by atoms with Gasteiger partial charge in [0.15, 0.2) is 0 Å². The minimum absolute atomic E-state index is 0.0844. The number of fused-ring (bicyclic) bond motifs is 1. The lowest BCUT2D eigenvalue weighted by Gasteiger charge is -2.06. The summed E-state index contributed by atoms with van der Waals surface area (Å²) in [5.41, 5.74) is 1.000. The number of carbonyl (C=O) groups excluding carboxylic acids is 1. The Morgan fingerprint density at radius 2 is 1.71 bits per heavy atom. The molecule has 0 unspecified atom stereocenters. The summed E-state index contributed by atoms with van der Waals surface area (Å²) >= 11 is 0. The fraction of sp³-hybridized carbons (Fsp3) is 0.105. The maximum atomic E-state index is 12.5. The molecule has 120 valence electrons. The zero-order valence-electron chi connectivity index (χ0n) is 13.3. The first-order valence-electron chi connectivity index (χ1n) is 7.31. The number of rotatable bonds is 3. The van der Waals surface area contributed by atoms with Gasteiger partial charge in [0.2, 0.25) is 0 Å². The van der Waals surface area contributed by atoms with Crippen LogP contribution in [0.1, 0.15) is 10.4 Å². The predicted molar refractivity (Wildman–Crippen MR) is 91.3 cm³/mol. The molecule has 3 aromatic rings. The number of ether oxygens (including phenoxy) is 2. The third-order valence-electron chi connectivity index (χ3n) is 3.73. The van der Waals surface area contributed by atoms with Gasteiger partial charge >= 0.3 is 5.97 Å². The maximum Gasteiger partial charge on any atom is 0.344 e. The Bertz CT molecular complexity index is 965. The topological polar surface area (TPSA) is 65.5 Å². The Morgan fingerprint density at radius 3 is 2.38 bits per heavy atom. The largest absolute Gasteiger partial charge is 0.497 e. The molecule has 0 radical (unpaired) electrons. The summed E-state index contributed by atoms with van der Waals surface area (Å²) in [5.74, 6) is -0.0253. The van der Waals surface area contributed by atoms with Crippen molar-refractivity contribution >= 4 is 16.9 Å².